The molecule has 2 aliphatic rings. The molecule has 2 saturated heterocycles. The van der Waals surface area contributed by atoms with Crippen molar-refractivity contribution in [3.05, 3.63) is 64.4 Å². The van der Waals surface area contributed by atoms with Crippen LogP contribution in [0.15, 0.2) is 58.8 Å². The van der Waals surface area contributed by atoms with Crippen LogP contribution in [0.25, 0.3) is 17.0 Å². The molecule has 2 amide bonds. The smallest absolute Gasteiger partial charge is 0.281 e. The number of thiocarbonyl (C=S) groups is 1. The molecule has 3 heterocycles. The van der Waals surface area contributed by atoms with Crippen LogP contribution in [0.5, 0.6) is 5.75 Å². The van der Waals surface area contributed by atoms with E-state index in [1.807, 2.05) is 71.1 Å². The normalized spacial score (nSPS) is 17.8. The molecule has 38 heavy (non-hydrogen) atoms. The molecular weight excluding hydrogens is 564 g/mol. The number of ether oxygens (including phenoxy) is 1. The van der Waals surface area contributed by atoms with Gasteiger partial charge in [-0.1, -0.05) is 22.9 Å². The minimum atomic E-state index is -0.198. The Bertz CT molecular complexity index is 1420. The molecule has 0 aliphatic carbocycles. The van der Waals surface area contributed by atoms with E-state index >= 15 is 0 Å². The number of carbonyl (C=O) groups is 2. The van der Waals surface area contributed by atoms with Crippen molar-refractivity contribution in [2.24, 2.45) is 5.92 Å². The summed E-state index contributed by atoms with van der Waals surface area (Å²) in [5, 5.41) is 1.36. The highest BCUT2D eigenvalue weighted by atomic mass is 79.9. The zero-order valence-electron chi connectivity index (χ0n) is 21.8. The maximum atomic E-state index is 13.6. The van der Waals surface area contributed by atoms with E-state index in [4.69, 9.17) is 17.0 Å². The van der Waals surface area contributed by atoms with Gasteiger partial charge in [0.15, 0.2) is 5.11 Å². The Morgan fingerprint density at radius 2 is 1.87 bits per heavy atom. The second kappa shape index (κ2) is 10.9. The maximum Gasteiger partial charge on any atom is 0.281 e. The second-order valence-corrected chi connectivity index (χ2v) is 11.2. The highest BCUT2D eigenvalue weighted by Crippen LogP contribution is 2.32. The fourth-order valence-corrected chi connectivity index (χ4v) is 5.68. The standard InChI is InChI=1S/C29H31BrN4O3S/c1-4-37-23-8-6-22(7-9-23)34-28(36)26(31(3)29(34)38)15-20-17-33(25-10-5-21(30)16-24(20)25)18-27(35)32-13-11-19(2)12-14-32/h5-10,15-17,19H,4,11-14,18H2,1-3H3/b26-15-. The number of fused-ring (bicyclic) bond motifs is 1. The Labute approximate surface area is 236 Å². The third kappa shape index (κ3) is 5.09. The van der Waals surface area contributed by atoms with E-state index in [1.165, 1.54) is 4.90 Å². The lowest BCUT2D eigenvalue weighted by molar-refractivity contribution is -0.133. The van der Waals surface area contributed by atoms with Gasteiger partial charge in [-0.3, -0.25) is 14.5 Å². The lowest BCUT2D eigenvalue weighted by Crippen LogP contribution is -2.39. The van der Waals surface area contributed by atoms with Crippen molar-refractivity contribution in [1.29, 1.82) is 0 Å². The van der Waals surface area contributed by atoms with Gasteiger partial charge in [-0.05, 0) is 86.4 Å². The van der Waals surface area contributed by atoms with Crippen LogP contribution in [0, 0.1) is 5.92 Å². The van der Waals surface area contributed by atoms with Crippen LogP contribution in [0.4, 0.5) is 5.69 Å². The molecule has 7 nitrogen and oxygen atoms in total. The number of rotatable bonds is 6. The molecule has 0 atom stereocenters. The number of halogens is 1. The number of nitrogens with zero attached hydrogens (tertiary/aromatic N) is 4. The van der Waals surface area contributed by atoms with Crippen molar-refractivity contribution in [3.63, 3.8) is 0 Å². The molecule has 0 saturated carbocycles. The zero-order chi connectivity index (χ0) is 27.0. The van der Waals surface area contributed by atoms with E-state index < -0.39 is 0 Å². The molecule has 2 aliphatic heterocycles. The van der Waals surface area contributed by atoms with Crippen molar-refractivity contribution in [1.82, 2.24) is 14.4 Å². The van der Waals surface area contributed by atoms with Crippen molar-refractivity contribution in [2.45, 2.75) is 33.2 Å². The summed E-state index contributed by atoms with van der Waals surface area (Å²) in [6, 6.07) is 13.3. The topological polar surface area (TPSA) is 58.0 Å². The SMILES string of the molecule is CCOc1ccc(N2C(=O)/C(=C/c3cn(CC(=O)N4CCC(C)CC4)c4ccc(Br)cc34)N(C)C2=S)cc1. The van der Waals surface area contributed by atoms with Crippen LogP contribution in [0.3, 0.4) is 0 Å². The van der Waals surface area contributed by atoms with Crippen LogP contribution < -0.4 is 9.64 Å². The third-order valence-corrected chi connectivity index (χ3v) is 8.23. The van der Waals surface area contributed by atoms with Crippen molar-refractivity contribution >= 4 is 67.7 Å². The molecule has 0 bridgehead atoms. The van der Waals surface area contributed by atoms with Gasteiger partial charge in [-0.2, -0.15) is 0 Å². The first-order chi connectivity index (χ1) is 18.3. The highest BCUT2D eigenvalue weighted by molar-refractivity contribution is 9.10. The van der Waals surface area contributed by atoms with Gasteiger partial charge < -0.3 is 19.1 Å². The molecule has 0 N–H and O–H groups in total. The van der Waals surface area contributed by atoms with E-state index in [2.05, 4.69) is 22.9 Å². The molecule has 2 fully saturated rings. The Kier molecular flexibility index (Phi) is 7.59. The van der Waals surface area contributed by atoms with E-state index in [0.29, 0.717) is 29.0 Å². The number of benzene rings is 2. The summed E-state index contributed by atoms with van der Waals surface area (Å²) < 4.78 is 8.44. The molecule has 5 rings (SSSR count). The van der Waals surface area contributed by atoms with Crippen molar-refractivity contribution in [3.8, 4) is 5.75 Å². The number of likely N-dealkylation sites (tertiary alicyclic amines) is 1. The minimum Gasteiger partial charge on any atom is -0.494 e. The largest absolute Gasteiger partial charge is 0.494 e. The summed E-state index contributed by atoms with van der Waals surface area (Å²) in [4.78, 5) is 31.9. The monoisotopic (exact) mass is 594 g/mol. The first-order valence-electron chi connectivity index (χ1n) is 12.9. The van der Waals surface area contributed by atoms with Gasteiger partial charge in [0.25, 0.3) is 5.91 Å². The zero-order valence-corrected chi connectivity index (χ0v) is 24.2. The van der Waals surface area contributed by atoms with Gasteiger partial charge >= 0.3 is 0 Å². The molecule has 198 valence electrons. The number of aromatic nitrogens is 1. The molecule has 0 radical (unpaired) electrons. The Hall–Kier alpha value is -3.17. The first kappa shape index (κ1) is 26.4. The van der Waals surface area contributed by atoms with Gasteiger partial charge in [0.1, 0.15) is 18.0 Å². The maximum absolute atomic E-state index is 13.6. The van der Waals surface area contributed by atoms with Gasteiger partial charge in [-0.15, -0.1) is 0 Å². The predicted octanol–water partition coefficient (Wildman–Crippen LogP) is 5.67. The number of anilines is 1. The minimum absolute atomic E-state index is 0.118. The van der Waals surface area contributed by atoms with Crippen LogP contribution in [0.1, 0.15) is 32.3 Å². The van der Waals surface area contributed by atoms with Gasteiger partial charge in [-0.25, -0.2) is 0 Å². The lowest BCUT2D eigenvalue weighted by atomic mass is 9.99. The summed E-state index contributed by atoms with van der Waals surface area (Å²) in [6.45, 7) is 6.61. The molecule has 0 unspecified atom stereocenters. The average Bonchev–Trinajstić information content (AvgIpc) is 3.33. The number of hydrogen-bond acceptors (Lipinski definition) is 4. The number of hydrogen-bond donors (Lipinski definition) is 0. The Morgan fingerprint density at radius 1 is 1.16 bits per heavy atom. The number of likely N-dealkylation sites (N-methyl/N-ethyl adjacent to an activating group) is 1. The molecule has 0 spiro atoms. The van der Waals surface area contributed by atoms with E-state index in [9.17, 15) is 9.59 Å². The Morgan fingerprint density at radius 3 is 2.55 bits per heavy atom. The fraction of sp³-hybridized carbons (Fsp3) is 0.345. The number of carbonyl (C=O) groups excluding carboxylic acids is 2. The molecule has 9 heteroatoms. The van der Waals surface area contributed by atoms with E-state index in [1.54, 1.807) is 11.9 Å². The predicted molar refractivity (Wildman–Crippen MR) is 158 cm³/mol. The third-order valence-electron chi connectivity index (χ3n) is 7.28. The summed E-state index contributed by atoms with van der Waals surface area (Å²) >= 11 is 9.23. The molecule has 2 aromatic carbocycles. The average molecular weight is 596 g/mol. The second-order valence-electron chi connectivity index (χ2n) is 9.88. The van der Waals surface area contributed by atoms with Crippen LogP contribution >= 0.6 is 28.1 Å². The van der Waals surface area contributed by atoms with Gasteiger partial charge in [0.05, 0.1) is 12.3 Å². The van der Waals surface area contributed by atoms with Crippen LogP contribution in [0.2, 0.25) is 0 Å². The van der Waals surface area contributed by atoms with Crippen LogP contribution in [-0.4, -0.2) is 58.0 Å². The summed E-state index contributed by atoms with van der Waals surface area (Å²) in [5.41, 5.74) is 2.95. The van der Waals surface area contributed by atoms with Crippen molar-refractivity contribution in [2.75, 3.05) is 31.6 Å². The summed E-state index contributed by atoms with van der Waals surface area (Å²) in [6.07, 6.45) is 5.91. The molecule has 3 aromatic rings. The van der Waals surface area contributed by atoms with Crippen molar-refractivity contribution < 1.29 is 14.3 Å². The quantitative estimate of drug-likeness (QED) is 0.272. The Balaban J connectivity index is 1.46. The van der Waals surface area contributed by atoms with Gasteiger partial charge in [0.2, 0.25) is 5.91 Å². The van der Waals surface area contributed by atoms with Crippen LogP contribution in [-0.2, 0) is 16.1 Å². The summed E-state index contributed by atoms with van der Waals surface area (Å²) in [7, 11) is 1.80. The highest BCUT2D eigenvalue weighted by Gasteiger charge is 2.37. The molecule has 1 aromatic heterocycles. The number of amides is 2. The number of piperidine rings is 1. The molecular formula is C29H31BrN4O3S. The van der Waals surface area contributed by atoms with E-state index in [-0.39, 0.29) is 18.4 Å². The first-order valence-corrected chi connectivity index (χ1v) is 14.1. The lowest BCUT2D eigenvalue weighted by Gasteiger charge is -2.30. The fourth-order valence-electron chi connectivity index (χ4n) is 5.04. The summed E-state index contributed by atoms with van der Waals surface area (Å²) in [5.74, 6) is 1.32. The van der Waals surface area contributed by atoms with Gasteiger partial charge in [0, 0.05) is 47.3 Å². The van der Waals surface area contributed by atoms with E-state index in [0.717, 1.165) is 52.6 Å².